The molecule has 492 valence electrons. The van der Waals surface area contributed by atoms with Gasteiger partial charge >= 0.3 is 7.12 Å². The summed E-state index contributed by atoms with van der Waals surface area (Å²) in [6.07, 6.45) is 0. The maximum atomic E-state index is 9.46. The zero-order valence-electron chi connectivity index (χ0n) is 55.8. The lowest BCUT2D eigenvalue weighted by atomic mass is 9.79. The van der Waals surface area contributed by atoms with Crippen LogP contribution < -0.4 is 5.46 Å². The van der Waals surface area contributed by atoms with Crippen molar-refractivity contribution >= 4 is 67.8 Å². The van der Waals surface area contributed by atoms with Gasteiger partial charge in [0.15, 0.2) is 34.9 Å². The van der Waals surface area contributed by atoms with Gasteiger partial charge in [-0.05, 0) is 46.9 Å². The van der Waals surface area contributed by atoms with Crippen molar-refractivity contribution in [2.45, 2.75) is 0 Å². The van der Waals surface area contributed by atoms with Crippen LogP contribution in [0.15, 0.2) is 352 Å². The Labute approximate surface area is 605 Å². The summed E-state index contributed by atoms with van der Waals surface area (Å²) < 4.78 is 0. The molecule has 18 aromatic rings. The third-order valence-electron chi connectivity index (χ3n) is 17.8. The molecule has 0 aliphatic carbocycles. The Morgan fingerprint density at radius 2 is 0.500 bits per heavy atom. The van der Waals surface area contributed by atoms with Crippen LogP contribution in [0.5, 0.6) is 0 Å². The number of pyridine rings is 4. The predicted octanol–water partition coefficient (Wildman–Crippen LogP) is 20.3. The Hall–Kier alpha value is -13.4. The van der Waals surface area contributed by atoms with Gasteiger partial charge in [-0.3, -0.25) is 0 Å². The molecule has 0 unspecified atom stereocenters. The van der Waals surface area contributed by atoms with Gasteiger partial charge in [-0.2, -0.15) is 0 Å². The molecule has 0 aliphatic heterocycles. The van der Waals surface area contributed by atoms with Crippen molar-refractivity contribution in [3.05, 3.63) is 357 Å². The Balaban J connectivity index is 0.000000131. The van der Waals surface area contributed by atoms with Gasteiger partial charge in [-0.1, -0.05) is 333 Å². The fraction of sp³-hybridized carbons (Fsp3) is 0. The number of halogens is 1. The number of nitrogens with zero attached hydrogens (tertiary/aromatic N) is 10. The first-order valence-electron chi connectivity index (χ1n) is 33.9. The zero-order valence-corrected chi connectivity index (χ0v) is 56.6. The van der Waals surface area contributed by atoms with Gasteiger partial charge in [0, 0.05) is 77.2 Å². The van der Waals surface area contributed by atoms with E-state index in [2.05, 4.69) is 118 Å². The van der Waals surface area contributed by atoms with Crippen LogP contribution in [0, 0.1) is 0 Å². The highest BCUT2D eigenvalue weighted by Gasteiger charge is 2.20. The van der Waals surface area contributed by atoms with E-state index in [4.69, 9.17) is 46.5 Å². The second-order valence-electron chi connectivity index (χ2n) is 24.6. The molecular weight excluding hydrogens is 1300 g/mol. The lowest BCUT2D eigenvalue weighted by molar-refractivity contribution is 0.426. The fourth-order valence-corrected chi connectivity index (χ4v) is 12.8. The van der Waals surface area contributed by atoms with Gasteiger partial charge in [-0.25, -0.2) is 49.8 Å². The van der Waals surface area contributed by atoms with Crippen LogP contribution in [-0.2, 0) is 0 Å². The summed E-state index contributed by atoms with van der Waals surface area (Å²) in [4.78, 5) is 49.1. The van der Waals surface area contributed by atoms with E-state index in [-0.39, 0.29) is 0 Å². The molecule has 104 heavy (non-hydrogen) atoms. The second kappa shape index (κ2) is 29.8. The molecule has 0 amide bonds. The minimum Gasteiger partial charge on any atom is -0.423 e. The van der Waals surface area contributed by atoms with Gasteiger partial charge in [0.05, 0.1) is 49.9 Å². The van der Waals surface area contributed by atoms with Crippen molar-refractivity contribution in [1.82, 2.24) is 49.8 Å². The van der Waals surface area contributed by atoms with Crippen molar-refractivity contribution < 1.29 is 10.0 Å². The van der Waals surface area contributed by atoms with E-state index in [9.17, 15) is 10.0 Å². The normalized spacial score (nSPS) is 11.0. The van der Waals surface area contributed by atoms with Gasteiger partial charge in [-0.15, -0.1) is 0 Å². The molecule has 18 rings (SSSR count). The summed E-state index contributed by atoms with van der Waals surface area (Å²) in [5.74, 6) is 3.48. The van der Waals surface area contributed by atoms with Crippen molar-refractivity contribution in [3.63, 3.8) is 0 Å². The van der Waals surface area contributed by atoms with E-state index in [0.29, 0.717) is 51.0 Å². The van der Waals surface area contributed by atoms with Gasteiger partial charge in [0.25, 0.3) is 0 Å². The molecule has 0 saturated carbocycles. The molecule has 0 atom stereocenters. The van der Waals surface area contributed by atoms with E-state index in [1.165, 1.54) is 0 Å². The number of fused-ring (bicyclic) bond motifs is 6. The first kappa shape index (κ1) is 65.2. The van der Waals surface area contributed by atoms with E-state index in [1.54, 1.807) is 18.2 Å². The quantitative estimate of drug-likeness (QED) is 0.0878. The van der Waals surface area contributed by atoms with Crippen molar-refractivity contribution in [2.75, 3.05) is 0 Å². The van der Waals surface area contributed by atoms with E-state index >= 15 is 0 Å². The van der Waals surface area contributed by atoms with Gasteiger partial charge in [0.2, 0.25) is 0 Å². The minimum atomic E-state index is -1.55. The molecule has 6 aromatic heterocycles. The SMILES string of the molecule is Clc1cc(-c2ccccc2)nc2c1ccc1ccc(-c3ccccc3)nc12.OB(O)c1cccc(-c2nc(-c3ccccc3)nc(-c3ccccc3)n2)c1.c1ccc(-c2ccc3ccc4c(-c5cccc(-c6nc(-c7ccccc7)nc(-c7ccccc7)n6)c5)cc(-c5ccccc5)nc4c3n2)cc1. The third kappa shape index (κ3) is 14.2. The number of hydrogen-bond acceptors (Lipinski definition) is 12. The molecule has 0 radical (unpaired) electrons. The number of aromatic nitrogens is 10. The highest BCUT2D eigenvalue weighted by Crippen LogP contribution is 2.39. The lowest BCUT2D eigenvalue weighted by Gasteiger charge is -2.14. The summed E-state index contributed by atoms with van der Waals surface area (Å²) in [6, 6.07) is 117. The second-order valence-corrected chi connectivity index (χ2v) is 25.0. The van der Waals surface area contributed by atoms with Crippen molar-refractivity contribution in [1.29, 1.82) is 0 Å². The van der Waals surface area contributed by atoms with E-state index in [0.717, 1.165) is 128 Å². The maximum absolute atomic E-state index is 9.46. The molecule has 0 bridgehead atoms. The van der Waals surface area contributed by atoms with Crippen molar-refractivity contribution in [3.8, 4) is 124 Å². The molecule has 14 heteroatoms. The van der Waals surface area contributed by atoms with Gasteiger partial charge in [0.1, 0.15) is 0 Å². The van der Waals surface area contributed by atoms with Crippen LogP contribution in [0.25, 0.3) is 168 Å². The van der Waals surface area contributed by atoms with Crippen LogP contribution >= 0.6 is 11.6 Å². The Kier molecular flexibility index (Phi) is 18.7. The molecule has 12 aromatic carbocycles. The highest BCUT2D eigenvalue weighted by atomic mass is 35.5. The summed E-state index contributed by atoms with van der Waals surface area (Å²) in [7, 11) is -1.55. The highest BCUT2D eigenvalue weighted by molar-refractivity contribution is 6.58. The topological polar surface area (TPSA) is 169 Å². The average molecular weight is 1360 g/mol. The molecular formula is C90H60BClN10O2. The smallest absolute Gasteiger partial charge is 0.423 e. The molecule has 0 fully saturated rings. The molecule has 2 N–H and O–H groups in total. The summed E-state index contributed by atoms with van der Waals surface area (Å²) in [6.45, 7) is 0. The van der Waals surface area contributed by atoms with Crippen LogP contribution in [0.4, 0.5) is 0 Å². The summed E-state index contributed by atoms with van der Waals surface area (Å²) >= 11 is 6.60. The number of benzene rings is 12. The Morgan fingerprint density at radius 1 is 0.212 bits per heavy atom. The Bertz CT molecular complexity index is 5970. The standard InChI is InChI=1S/C45H29N5.C24H15ClN2.C21H16BN3O2/c1-5-14-30(15-6-1)39-27-25-32-24-26-37-38(29-40(31-16-7-2-8-17-31)47-42(37)41(32)46-39)35-22-13-23-36(28-35)45-49-43(33-18-9-3-10-19-33)48-44(50-45)34-20-11-4-12-21-34;25-20-15-22(17-9-5-2-6-10-17)27-24-19(20)13-11-18-12-14-21(26-23(18)24)16-7-3-1-4-8-16;26-22(27)18-13-7-12-17(14-18)21-24-19(15-8-3-1-4-9-15)23-20(25-21)16-10-5-2-6-11-16/h1-29H;1-15H;1-14,26-27H. The van der Waals surface area contributed by atoms with Crippen molar-refractivity contribution in [2.24, 2.45) is 0 Å². The molecule has 0 saturated heterocycles. The minimum absolute atomic E-state index is 0.385. The van der Waals surface area contributed by atoms with Gasteiger partial charge < -0.3 is 10.0 Å². The third-order valence-corrected chi connectivity index (χ3v) is 18.1. The first-order valence-corrected chi connectivity index (χ1v) is 34.3. The van der Waals surface area contributed by atoms with Crippen LogP contribution in [0.3, 0.4) is 0 Å². The summed E-state index contributed by atoms with van der Waals surface area (Å²) in [5, 5.41) is 23.7. The lowest BCUT2D eigenvalue weighted by Crippen LogP contribution is -2.29. The Morgan fingerprint density at radius 3 is 0.894 bits per heavy atom. The molecule has 0 aliphatic rings. The number of hydrogen-bond donors (Lipinski definition) is 2. The van der Waals surface area contributed by atoms with E-state index < -0.39 is 7.12 Å². The monoisotopic (exact) mass is 1360 g/mol. The van der Waals surface area contributed by atoms with Crippen LogP contribution in [-0.4, -0.2) is 67.0 Å². The predicted molar refractivity (Wildman–Crippen MR) is 422 cm³/mol. The maximum Gasteiger partial charge on any atom is 0.488 e. The summed E-state index contributed by atoms with van der Waals surface area (Å²) in [5.41, 5.74) is 19.0. The molecule has 0 spiro atoms. The fourth-order valence-electron chi connectivity index (χ4n) is 12.5. The number of rotatable bonds is 12. The largest absolute Gasteiger partial charge is 0.488 e. The van der Waals surface area contributed by atoms with E-state index in [1.807, 2.05) is 231 Å². The first-order chi connectivity index (χ1) is 51.3. The van der Waals surface area contributed by atoms with Crippen LogP contribution in [0.1, 0.15) is 0 Å². The molecule has 6 heterocycles. The molecule has 12 nitrogen and oxygen atoms in total. The van der Waals surface area contributed by atoms with Crippen LogP contribution in [0.2, 0.25) is 5.02 Å². The average Bonchev–Trinajstić information content (AvgIpc) is 0.741. The zero-order chi connectivity index (χ0) is 70.1.